The second kappa shape index (κ2) is 10.5. The van der Waals surface area contributed by atoms with Gasteiger partial charge in [-0.05, 0) is 35.7 Å². The molecule has 0 aliphatic carbocycles. The van der Waals surface area contributed by atoms with Gasteiger partial charge in [-0.15, -0.1) is 24.0 Å². The molecule has 2 rings (SSSR count). The smallest absolute Gasteiger partial charge is 0.213 e. The number of halogens is 1. The Kier molecular flexibility index (Phi) is 8.97. The van der Waals surface area contributed by atoms with E-state index in [0.717, 1.165) is 16.7 Å². The van der Waals surface area contributed by atoms with Crippen molar-refractivity contribution in [3.63, 3.8) is 0 Å². The van der Waals surface area contributed by atoms with E-state index >= 15 is 0 Å². The maximum atomic E-state index is 11.7. The van der Waals surface area contributed by atoms with Crippen molar-refractivity contribution in [1.82, 2.24) is 15.6 Å². The van der Waals surface area contributed by atoms with Crippen LogP contribution in [0.15, 0.2) is 46.4 Å². The summed E-state index contributed by atoms with van der Waals surface area (Å²) in [6.07, 6.45) is 2.91. The predicted octanol–water partition coefficient (Wildman–Crippen LogP) is 2.29. The van der Waals surface area contributed by atoms with Gasteiger partial charge < -0.3 is 15.4 Å². The van der Waals surface area contributed by atoms with Gasteiger partial charge in [-0.1, -0.05) is 12.1 Å². The third-order valence-electron chi connectivity index (χ3n) is 3.79. The van der Waals surface area contributed by atoms with Crippen LogP contribution in [0, 0.1) is 6.92 Å². The Labute approximate surface area is 177 Å². The summed E-state index contributed by atoms with van der Waals surface area (Å²) < 4.78 is 28.5. The van der Waals surface area contributed by atoms with E-state index in [2.05, 4.69) is 20.6 Å². The zero-order chi connectivity index (χ0) is 19.2. The van der Waals surface area contributed by atoms with E-state index < -0.39 is 9.84 Å². The molecule has 9 heteroatoms. The first-order valence-electron chi connectivity index (χ1n) is 8.06. The molecule has 148 valence electrons. The van der Waals surface area contributed by atoms with Crippen LogP contribution in [0.4, 0.5) is 0 Å². The van der Waals surface area contributed by atoms with Crippen LogP contribution >= 0.6 is 24.0 Å². The van der Waals surface area contributed by atoms with E-state index in [4.69, 9.17) is 4.74 Å². The first-order chi connectivity index (χ1) is 12.3. The fourth-order valence-corrected chi connectivity index (χ4v) is 3.46. The number of aromatic nitrogens is 1. The lowest BCUT2D eigenvalue weighted by Gasteiger charge is -2.13. The SMILES string of the molecule is CN=C(NCc1ccnc(OC)c1)NCc1ccc(S(C)(=O)=O)c(C)c1.I. The van der Waals surface area contributed by atoms with Crippen molar-refractivity contribution in [2.45, 2.75) is 24.9 Å². The number of pyridine rings is 1. The molecule has 0 amide bonds. The second-order valence-corrected chi connectivity index (χ2v) is 7.84. The Balaban J connectivity index is 0.00000364. The Morgan fingerprint density at radius 3 is 2.30 bits per heavy atom. The number of hydrogen-bond acceptors (Lipinski definition) is 5. The summed E-state index contributed by atoms with van der Waals surface area (Å²) in [4.78, 5) is 8.62. The number of ether oxygens (including phenoxy) is 1. The predicted molar refractivity (Wildman–Crippen MR) is 118 cm³/mol. The van der Waals surface area contributed by atoms with Crippen molar-refractivity contribution in [3.8, 4) is 5.88 Å². The lowest BCUT2D eigenvalue weighted by molar-refractivity contribution is 0.397. The first kappa shape index (κ1) is 23.2. The number of nitrogens with zero attached hydrogens (tertiary/aromatic N) is 2. The molecule has 0 fully saturated rings. The molecule has 0 saturated heterocycles. The van der Waals surface area contributed by atoms with Gasteiger partial charge in [-0.2, -0.15) is 0 Å². The van der Waals surface area contributed by atoms with Crippen LogP contribution in [0.3, 0.4) is 0 Å². The van der Waals surface area contributed by atoms with Crippen molar-refractivity contribution in [2.75, 3.05) is 20.4 Å². The third-order valence-corrected chi connectivity index (χ3v) is 5.05. The normalized spacial score (nSPS) is 11.5. The zero-order valence-corrected chi connectivity index (χ0v) is 19.0. The Morgan fingerprint density at radius 1 is 1.15 bits per heavy atom. The molecule has 0 aliphatic rings. The molecular weight excluding hydrogens is 479 g/mol. The number of methoxy groups -OCH3 is 1. The molecule has 0 atom stereocenters. The zero-order valence-electron chi connectivity index (χ0n) is 15.8. The van der Waals surface area contributed by atoms with Crippen LogP contribution in [0.2, 0.25) is 0 Å². The van der Waals surface area contributed by atoms with Crippen LogP contribution in [0.5, 0.6) is 5.88 Å². The van der Waals surface area contributed by atoms with E-state index in [1.54, 1.807) is 39.4 Å². The number of nitrogens with one attached hydrogen (secondary N) is 2. The van der Waals surface area contributed by atoms with E-state index in [-0.39, 0.29) is 24.0 Å². The highest BCUT2D eigenvalue weighted by molar-refractivity contribution is 14.0. The highest BCUT2D eigenvalue weighted by Crippen LogP contribution is 2.16. The van der Waals surface area contributed by atoms with Gasteiger partial charge in [-0.25, -0.2) is 13.4 Å². The molecular formula is C18H25IN4O3S. The highest BCUT2D eigenvalue weighted by atomic mass is 127. The van der Waals surface area contributed by atoms with Crippen LogP contribution in [-0.2, 0) is 22.9 Å². The maximum Gasteiger partial charge on any atom is 0.213 e. The molecule has 1 aromatic heterocycles. The minimum Gasteiger partial charge on any atom is -0.481 e. The van der Waals surface area contributed by atoms with Gasteiger partial charge in [0, 0.05) is 38.7 Å². The fraction of sp³-hybridized carbons (Fsp3) is 0.333. The van der Waals surface area contributed by atoms with Crippen LogP contribution < -0.4 is 15.4 Å². The van der Waals surface area contributed by atoms with Crippen LogP contribution in [0.25, 0.3) is 0 Å². The summed E-state index contributed by atoms with van der Waals surface area (Å²) in [5.74, 6) is 1.21. The standard InChI is InChI=1S/C18H24N4O3S.HI/c1-13-9-14(5-6-16(13)26(4,23)24)11-21-18(19-2)22-12-15-7-8-20-17(10-15)25-3;/h5-10H,11-12H2,1-4H3,(H2,19,21,22);1H. The van der Waals surface area contributed by atoms with Crippen molar-refractivity contribution in [1.29, 1.82) is 0 Å². The number of benzene rings is 1. The van der Waals surface area contributed by atoms with Crippen molar-refractivity contribution in [2.24, 2.45) is 4.99 Å². The summed E-state index contributed by atoms with van der Waals surface area (Å²) in [7, 11) is 0.0723. The molecule has 0 radical (unpaired) electrons. The number of guanidine groups is 1. The van der Waals surface area contributed by atoms with Gasteiger partial charge in [0.2, 0.25) is 5.88 Å². The second-order valence-electron chi connectivity index (χ2n) is 5.86. The molecule has 27 heavy (non-hydrogen) atoms. The molecule has 1 aromatic carbocycles. The molecule has 7 nitrogen and oxygen atoms in total. The average molecular weight is 504 g/mol. The third kappa shape index (κ3) is 6.98. The Bertz CT molecular complexity index is 901. The summed E-state index contributed by atoms with van der Waals surface area (Å²) in [6, 6.07) is 9.06. The topological polar surface area (TPSA) is 92.7 Å². The van der Waals surface area contributed by atoms with Crippen LogP contribution in [0.1, 0.15) is 16.7 Å². The molecule has 0 spiro atoms. The lowest BCUT2D eigenvalue weighted by Crippen LogP contribution is -2.36. The molecule has 0 saturated carbocycles. The Hall–Kier alpha value is -1.88. The molecule has 0 aliphatic heterocycles. The van der Waals surface area contributed by atoms with Crippen molar-refractivity contribution >= 4 is 39.8 Å². The van der Waals surface area contributed by atoms with E-state index in [1.807, 2.05) is 18.2 Å². The van der Waals surface area contributed by atoms with Gasteiger partial charge in [0.05, 0.1) is 12.0 Å². The number of aliphatic imine (C=N–C) groups is 1. The molecule has 1 heterocycles. The lowest BCUT2D eigenvalue weighted by atomic mass is 10.1. The van der Waals surface area contributed by atoms with Gasteiger partial charge in [0.15, 0.2) is 15.8 Å². The quantitative estimate of drug-likeness (QED) is 0.357. The summed E-state index contributed by atoms with van der Waals surface area (Å²) in [6.45, 7) is 2.90. The van der Waals surface area contributed by atoms with E-state index in [0.29, 0.717) is 29.8 Å². The molecule has 2 aromatic rings. The number of aryl methyl sites for hydroxylation is 1. The molecule has 0 unspecified atom stereocenters. The van der Waals surface area contributed by atoms with Gasteiger partial charge >= 0.3 is 0 Å². The number of sulfone groups is 1. The van der Waals surface area contributed by atoms with E-state index in [1.165, 1.54) is 6.26 Å². The average Bonchev–Trinajstić information content (AvgIpc) is 2.61. The highest BCUT2D eigenvalue weighted by Gasteiger charge is 2.11. The fourth-order valence-electron chi connectivity index (χ4n) is 2.50. The molecule has 2 N–H and O–H groups in total. The first-order valence-corrected chi connectivity index (χ1v) is 9.95. The van der Waals surface area contributed by atoms with Gasteiger partial charge in [-0.3, -0.25) is 4.99 Å². The summed E-state index contributed by atoms with van der Waals surface area (Å²) in [5, 5.41) is 6.43. The summed E-state index contributed by atoms with van der Waals surface area (Å²) in [5.41, 5.74) is 2.73. The summed E-state index contributed by atoms with van der Waals surface area (Å²) >= 11 is 0. The van der Waals surface area contributed by atoms with Gasteiger partial charge in [0.1, 0.15) is 0 Å². The van der Waals surface area contributed by atoms with Gasteiger partial charge in [0.25, 0.3) is 0 Å². The largest absolute Gasteiger partial charge is 0.481 e. The minimum atomic E-state index is -3.20. The number of hydrogen-bond donors (Lipinski definition) is 2. The minimum absolute atomic E-state index is 0. The molecule has 0 bridgehead atoms. The van der Waals surface area contributed by atoms with Crippen molar-refractivity contribution in [3.05, 3.63) is 53.2 Å². The monoisotopic (exact) mass is 504 g/mol. The van der Waals surface area contributed by atoms with E-state index in [9.17, 15) is 8.42 Å². The Morgan fingerprint density at radius 2 is 1.78 bits per heavy atom. The number of rotatable bonds is 6. The van der Waals surface area contributed by atoms with Crippen LogP contribution in [-0.4, -0.2) is 39.8 Å². The van der Waals surface area contributed by atoms with Crippen molar-refractivity contribution < 1.29 is 13.2 Å². The maximum absolute atomic E-state index is 11.7.